The van der Waals surface area contributed by atoms with Crippen LogP contribution in [0.15, 0.2) is 16.6 Å². The zero-order valence-corrected chi connectivity index (χ0v) is 11.4. The van der Waals surface area contributed by atoms with E-state index in [0.29, 0.717) is 6.07 Å². The predicted molar refractivity (Wildman–Crippen MR) is 66.6 cm³/mol. The molecule has 7 heteroatoms. The maximum absolute atomic E-state index is 13.6. The van der Waals surface area contributed by atoms with E-state index < -0.39 is 29.7 Å². The number of halogens is 3. The zero-order chi connectivity index (χ0) is 14.2. The van der Waals surface area contributed by atoms with Gasteiger partial charge in [0.1, 0.15) is 11.6 Å². The van der Waals surface area contributed by atoms with Crippen LogP contribution in [0.4, 0.5) is 8.78 Å². The van der Waals surface area contributed by atoms with Crippen molar-refractivity contribution in [1.82, 2.24) is 4.90 Å². The Labute approximate surface area is 116 Å². The van der Waals surface area contributed by atoms with Crippen molar-refractivity contribution in [2.45, 2.75) is 18.6 Å². The molecule has 1 saturated heterocycles. The minimum absolute atomic E-state index is 0.0162. The third-order valence-corrected chi connectivity index (χ3v) is 3.71. The molecule has 1 aromatic carbocycles. The Hall–Kier alpha value is -1.05. The first-order chi connectivity index (χ1) is 8.93. The number of aliphatic hydroxyl groups is 2. The van der Waals surface area contributed by atoms with E-state index in [0.717, 1.165) is 6.07 Å². The van der Waals surface area contributed by atoms with E-state index in [4.69, 9.17) is 5.11 Å². The molecular weight excluding hydrogens is 324 g/mol. The molecule has 0 radical (unpaired) electrons. The molecule has 19 heavy (non-hydrogen) atoms. The van der Waals surface area contributed by atoms with Gasteiger partial charge in [-0.05, 0) is 28.4 Å². The van der Waals surface area contributed by atoms with Gasteiger partial charge >= 0.3 is 0 Å². The Morgan fingerprint density at radius 2 is 2.11 bits per heavy atom. The monoisotopic (exact) mass is 335 g/mol. The summed E-state index contributed by atoms with van der Waals surface area (Å²) in [4.78, 5) is 13.4. The van der Waals surface area contributed by atoms with Crippen molar-refractivity contribution in [3.05, 3.63) is 33.8 Å². The van der Waals surface area contributed by atoms with Gasteiger partial charge in [-0.2, -0.15) is 0 Å². The number of carbonyl (C=O) groups is 1. The van der Waals surface area contributed by atoms with Crippen molar-refractivity contribution in [1.29, 1.82) is 0 Å². The van der Waals surface area contributed by atoms with Crippen LogP contribution in [-0.4, -0.2) is 46.3 Å². The first-order valence-corrected chi connectivity index (χ1v) is 6.47. The van der Waals surface area contributed by atoms with Gasteiger partial charge < -0.3 is 15.1 Å². The second-order valence-corrected chi connectivity index (χ2v) is 5.28. The summed E-state index contributed by atoms with van der Waals surface area (Å²) in [5.41, 5.74) is -0.291. The van der Waals surface area contributed by atoms with Crippen molar-refractivity contribution in [2.75, 3.05) is 13.2 Å². The molecule has 1 fully saturated rings. The highest BCUT2D eigenvalue weighted by Gasteiger charge is 2.35. The third-order valence-electron chi connectivity index (χ3n) is 3.10. The van der Waals surface area contributed by atoms with Crippen LogP contribution in [0.25, 0.3) is 0 Å². The smallest absolute Gasteiger partial charge is 0.257 e. The molecular formula is C12H12BrF2NO3. The highest BCUT2D eigenvalue weighted by atomic mass is 79.9. The molecule has 104 valence electrons. The molecule has 2 N–H and O–H groups in total. The fraction of sp³-hybridized carbons (Fsp3) is 0.417. The Morgan fingerprint density at radius 3 is 2.74 bits per heavy atom. The number of β-amino-alcohol motifs (C(OH)–C–C–N with tert-alkyl or cyclic N) is 1. The first-order valence-electron chi connectivity index (χ1n) is 5.68. The lowest BCUT2D eigenvalue weighted by molar-refractivity contribution is 0.0660. The lowest BCUT2D eigenvalue weighted by Crippen LogP contribution is -2.38. The van der Waals surface area contributed by atoms with E-state index in [9.17, 15) is 18.7 Å². The van der Waals surface area contributed by atoms with Crippen LogP contribution in [-0.2, 0) is 0 Å². The third kappa shape index (κ3) is 2.77. The molecule has 2 atom stereocenters. The highest BCUT2D eigenvalue weighted by Crippen LogP contribution is 2.25. The summed E-state index contributed by atoms with van der Waals surface area (Å²) in [7, 11) is 0. The molecule has 1 amide bonds. The number of rotatable bonds is 2. The summed E-state index contributed by atoms with van der Waals surface area (Å²) < 4.78 is 26.7. The summed E-state index contributed by atoms with van der Waals surface area (Å²) in [6.07, 6.45) is -0.500. The largest absolute Gasteiger partial charge is 0.394 e. The molecule has 0 saturated carbocycles. The molecule has 0 bridgehead atoms. The van der Waals surface area contributed by atoms with Crippen molar-refractivity contribution < 1.29 is 23.8 Å². The fourth-order valence-electron chi connectivity index (χ4n) is 2.15. The van der Waals surface area contributed by atoms with Crippen LogP contribution in [0.5, 0.6) is 0 Å². The van der Waals surface area contributed by atoms with Crippen molar-refractivity contribution in [3.63, 3.8) is 0 Å². The number of nitrogens with zero attached hydrogens (tertiary/aromatic N) is 1. The fourth-order valence-corrected chi connectivity index (χ4v) is 2.50. The van der Waals surface area contributed by atoms with Gasteiger partial charge in [-0.3, -0.25) is 4.79 Å². The second-order valence-electron chi connectivity index (χ2n) is 4.43. The van der Waals surface area contributed by atoms with Crippen LogP contribution in [0.1, 0.15) is 16.8 Å². The van der Waals surface area contributed by atoms with Crippen molar-refractivity contribution >= 4 is 21.8 Å². The molecule has 0 spiro atoms. The normalized spacial score (nSPS) is 22.9. The molecule has 0 aliphatic carbocycles. The molecule has 0 aromatic heterocycles. The van der Waals surface area contributed by atoms with Gasteiger partial charge in [0.2, 0.25) is 0 Å². The van der Waals surface area contributed by atoms with E-state index in [1.54, 1.807) is 0 Å². The zero-order valence-electron chi connectivity index (χ0n) is 9.81. The number of carbonyl (C=O) groups excluding carboxylic acids is 1. The summed E-state index contributed by atoms with van der Waals surface area (Å²) in [5.74, 6) is -2.44. The van der Waals surface area contributed by atoms with E-state index in [1.165, 1.54) is 4.90 Å². The Morgan fingerprint density at radius 1 is 1.42 bits per heavy atom. The van der Waals surface area contributed by atoms with Gasteiger partial charge in [0, 0.05) is 12.6 Å². The second kappa shape index (κ2) is 5.52. The average molecular weight is 336 g/mol. The van der Waals surface area contributed by atoms with E-state index in [1.807, 2.05) is 0 Å². The van der Waals surface area contributed by atoms with Gasteiger partial charge in [0.05, 0.1) is 28.8 Å². The molecule has 1 aromatic rings. The van der Waals surface area contributed by atoms with E-state index in [2.05, 4.69) is 15.9 Å². The minimum atomic E-state index is -0.969. The van der Waals surface area contributed by atoms with Gasteiger partial charge in [-0.1, -0.05) is 0 Å². The quantitative estimate of drug-likeness (QED) is 0.801. The number of likely N-dealkylation sites (tertiary alicyclic amines) is 1. The summed E-state index contributed by atoms with van der Waals surface area (Å²) in [5, 5.41) is 18.6. The van der Waals surface area contributed by atoms with Crippen LogP contribution in [0.2, 0.25) is 0 Å². The lowest BCUT2D eigenvalue weighted by Gasteiger charge is -2.23. The summed E-state index contributed by atoms with van der Waals surface area (Å²) in [6, 6.07) is 1.13. The summed E-state index contributed by atoms with van der Waals surface area (Å²) in [6.45, 7) is -0.286. The van der Waals surface area contributed by atoms with Gasteiger partial charge in [-0.15, -0.1) is 0 Å². The lowest BCUT2D eigenvalue weighted by atomic mass is 10.1. The van der Waals surface area contributed by atoms with Crippen molar-refractivity contribution in [2.24, 2.45) is 0 Å². The summed E-state index contributed by atoms with van der Waals surface area (Å²) >= 11 is 2.89. The Balaban J connectivity index is 2.32. The number of benzene rings is 1. The maximum Gasteiger partial charge on any atom is 0.257 e. The standard InChI is InChI=1S/C12H12BrF2NO3/c13-9-2-8(10(14)3-11(9)15)12(19)16-4-7(18)1-6(16)5-17/h2-3,6-7,17-18H,1,4-5H2/t6-,7+/m0/s1. The predicted octanol–water partition coefficient (Wildman–Crippen LogP) is 1.29. The molecule has 0 unspecified atom stereocenters. The number of amides is 1. The number of hydrogen-bond donors (Lipinski definition) is 2. The number of aliphatic hydroxyl groups excluding tert-OH is 2. The van der Waals surface area contributed by atoms with Crippen LogP contribution < -0.4 is 0 Å². The molecule has 1 aliphatic rings. The van der Waals surface area contributed by atoms with E-state index >= 15 is 0 Å². The molecule has 2 rings (SSSR count). The Kier molecular flexibility index (Phi) is 4.17. The average Bonchev–Trinajstić information content (AvgIpc) is 2.74. The van der Waals surface area contributed by atoms with Crippen molar-refractivity contribution in [3.8, 4) is 0 Å². The van der Waals surface area contributed by atoms with Gasteiger partial charge in [-0.25, -0.2) is 8.78 Å². The molecule has 1 heterocycles. The molecule has 1 aliphatic heterocycles. The molecule has 4 nitrogen and oxygen atoms in total. The number of hydrogen-bond acceptors (Lipinski definition) is 3. The van der Waals surface area contributed by atoms with E-state index in [-0.39, 0.29) is 29.6 Å². The minimum Gasteiger partial charge on any atom is -0.394 e. The van der Waals surface area contributed by atoms with Crippen LogP contribution in [0.3, 0.4) is 0 Å². The SMILES string of the molecule is O=C(c1cc(Br)c(F)cc1F)N1C[C@H](O)C[C@H]1CO. The maximum atomic E-state index is 13.6. The topological polar surface area (TPSA) is 60.8 Å². The van der Waals surface area contributed by atoms with Crippen LogP contribution in [0, 0.1) is 11.6 Å². The highest BCUT2D eigenvalue weighted by molar-refractivity contribution is 9.10. The van der Waals surface area contributed by atoms with Gasteiger partial charge in [0.15, 0.2) is 0 Å². The van der Waals surface area contributed by atoms with Crippen LogP contribution >= 0.6 is 15.9 Å². The Bertz CT molecular complexity index is 512. The first kappa shape index (κ1) is 14.4. The van der Waals surface area contributed by atoms with Gasteiger partial charge in [0.25, 0.3) is 5.91 Å².